The summed E-state index contributed by atoms with van der Waals surface area (Å²) in [4.78, 5) is 18.9. The quantitative estimate of drug-likeness (QED) is 0.443. The van der Waals surface area contributed by atoms with Crippen LogP contribution in [0, 0.1) is 5.92 Å². The fourth-order valence-electron chi connectivity index (χ4n) is 4.24. The minimum Gasteiger partial charge on any atom is -0.381 e. The number of pyridine rings is 1. The number of rotatable bonds is 9. The Hall–Kier alpha value is -3.30. The van der Waals surface area contributed by atoms with Crippen LogP contribution in [-0.4, -0.2) is 72.4 Å². The molecule has 1 aliphatic rings. The number of nitrogens with zero attached hydrogens (tertiary/aromatic N) is 4. The average Bonchev–Trinajstić information content (AvgIpc) is 2.84. The van der Waals surface area contributed by atoms with Gasteiger partial charge < -0.3 is 26.0 Å². The standard InChI is InChI=1S/C25H33N7O2/c1-16(17-8-12-34-13-9-17)29-23-20-14-18(4-6-21(20)30-31-24(23)25(26)33)19-5-7-22(28-15-19)27-10-11-32(2)3/h4-7,14-17H,8-13H2,1-3H3,(H2,26,33)(H,27,28)(H,29,30)/t16-/m0/s1. The molecular weight excluding hydrogens is 430 g/mol. The van der Waals surface area contributed by atoms with Gasteiger partial charge >= 0.3 is 0 Å². The zero-order valence-electron chi connectivity index (χ0n) is 20.0. The van der Waals surface area contributed by atoms with Crippen molar-refractivity contribution in [2.45, 2.75) is 25.8 Å². The van der Waals surface area contributed by atoms with Crippen LogP contribution in [0.3, 0.4) is 0 Å². The van der Waals surface area contributed by atoms with Crippen LogP contribution in [-0.2, 0) is 4.74 Å². The molecule has 9 heteroatoms. The van der Waals surface area contributed by atoms with Crippen LogP contribution in [0.15, 0.2) is 36.5 Å². The number of nitrogens with two attached hydrogens (primary N) is 1. The van der Waals surface area contributed by atoms with Crippen molar-refractivity contribution in [3.8, 4) is 11.1 Å². The fraction of sp³-hybridized carbons (Fsp3) is 0.440. The zero-order chi connectivity index (χ0) is 24.1. The summed E-state index contributed by atoms with van der Waals surface area (Å²) in [6, 6.07) is 10.1. The normalized spacial score (nSPS) is 15.4. The van der Waals surface area contributed by atoms with E-state index >= 15 is 0 Å². The van der Waals surface area contributed by atoms with E-state index in [0.717, 1.165) is 61.5 Å². The van der Waals surface area contributed by atoms with Gasteiger partial charge in [-0.05, 0) is 69.6 Å². The molecule has 0 bridgehead atoms. The lowest BCUT2D eigenvalue weighted by Crippen LogP contribution is -2.32. The first-order chi connectivity index (χ1) is 16.4. The van der Waals surface area contributed by atoms with Crippen molar-refractivity contribution in [1.82, 2.24) is 20.1 Å². The third kappa shape index (κ3) is 5.60. The Balaban J connectivity index is 1.63. The van der Waals surface area contributed by atoms with Crippen LogP contribution in [0.4, 0.5) is 11.5 Å². The molecule has 0 aliphatic carbocycles. The van der Waals surface area contributed by atoms with Crippen molar-refractivity contribution in [1.29, 1.82) is 0 Å². The molecule has 1 atom stereocenters. The molecule has 1 saturated heterocycles. The minimum atomic E-state index is -0.601. The van der Waals surface area contributed by atoms with Gasteiger partial charge in [0.2, 0.25) is 0 Å². The fourth-order valence-corrected chi connectivity index (χ4v) is 4.24. The summed E-state index contributed by atoms with van der Waals surface area (Å²) in [7, 11) is 4.08. The van der Waals surface area contributed by atoms with Crippen molar-refractivity contribution in [2.75, 3.05) is 51.0 Å². The molecule has 0 saturated carbocycles. The van der Waals surface area contributed by atoms with E-state index in [9.17, 15) is 4.79 Å². The van der Waals surface area contributed by atoms with E-state index in [1.165, 1.54) is 0 Å². The molecular formula is C25H33N7O2. The second-order valence-corrected chi connectivity index (χ2v) is 9.06. The number of aromatic nitrogens is 3. The first-order valence-corrected chi connectivity index (χ1v) is 11.7. The zero-order valence-corrected chi connectivity index (χ0v) is 20.0. The molecule has 0 radical (unpaired) electrons. The largest absolute Gasteiger partial charge is 0.381 e. The Morgan fingerprint density at radius 2 is 1.94 bits per heavy atom. The number of benzene rings is 1. The highest BCUT2D eigenvalue weighted by molar-refractivity contribution is 6.05. The maximum Gasteiger partial charge on any atom is 0.271 e. The van der Waals surface area contributed by atoms with Crippen LogP contribution in [0.5, 0.6) is 0 Å². The van der Waals surface area contributed by atoms with Gasteiger partial charge in [0.25, 0.3) is 5.91 Å². The van der Waals surface area contributed by atoms with Crippen molar-refractivity contribution in [3.63, 3.8) is 0 Å². The van der Waals surface area contributed by atoms with Gasteiger partial charge in [-0.1, -0.05) is 6.07 Å². The topological polar surface area (TPSA) is 118 Å². The molecule has 1 amide bonds. The Labute approximate surface area is 200 Å². The van der Waals surface area contributed by atoms with Gasteiger partial charge in [-0.15, -0.1) is 10.2 Å². The molecule has 3 heterocycles. The van der Waals surface area contributed by atoms with Crippen molar-refractivity contribution in [2.24, 2.45) is 11.7 Å². The summed E-state index contributed by atoms with van der Waals surface area (Å²) in [5, 5.41) is 16.0. The Morgan fingerprint density at radius 3 is 2.62 bits per heavy atom. The molecule has 1 fully saturated rings. The van der Waals surface area contributed by atoms with Gasteiger partial charge in [-0.3, -0.25) is 4.79 Å². The number of carbonyl (C=O) groups is 1. The van der Waals surface area contributed by atoms with Crippen LogP contribution >= 0.6 is 0 Å². The van der Waals surface area contributed by atoms with E-state index in [4.69, 9.17) is 10.5 Å². The number of anilines is 2. The van der Waals surface area contributed by atoms with Crippen LogP contribution in [0.1, 0.15) is 30.3 Å². The molecule has 2 aromatic heterocycles. The summed E-state index contributed by atoms with van der Waals surface area (Å²) >= 11 is 0. The van der Waals surface area contributed by atoms with E-state index in [-0.39, 0.29) is 11.7 Å². The number of ether oxygens (including phenoxy) is 1. The van der Waals surface area contributed by atoms with Crippen LogP contribution < -0.4 is 16.4 Å². The number of carbonyl (C=O) groups excluding carboxylic acids is 1. The lowest BCUT2D eigenvalue weighted by molar-refractivity contribution is 0.0622. The predicted molar refractivity (Wildman–Crippen MR) is 135 cm³/mol. The average molecular weight is 464 g/mol. The first-order valence-electron chi connectivity index (χ1n) is 11.7. The van der Waals surface area contributed by atoms with Crippen molar-refractivity contribution in [3.05, 3.63) is 42.2 Å². The summed E-state index contributed by atoms with van der Waals surface area (Å²) in [5.41, 5.74) is 9.10. The van der Waals surface area contributed by atoms with Crippen LogP contribution in [0.25, 0.3) is 22.0 Å². The molecule has 4 N–H and O–H groups in total. The van der Waals surface area contributed by atoms with E-state index in [2.05, 4.69) is 37.6 Å². The van der Waals surface area contributed by atoms with Crippen molar-refractivity contribution < 1.29 is 9.53 Å². The molecule has 3 aromatic rings. The summed E-state index contributed by atoms with van der Waals surface area (Å²) in [5.74, 6) is 0.676. The second kappa shape index (κ2) is 10.8. The smallest absolute Gasteiger partial charge is 0.271 e. The van der Waals surface area contributed by atoms with Gasteiger partial charge in [0.15, 0.2) is 5.69 Å². The van der Waals surface area contributed by atoms with Gasteiger partial charge in [0, 0.05) is 49.5 Å². The third-order valence-corrected chi connectivity index (χ3v) is 6.30. The molecule has 9 nitrogen and oxygen atoms in total. The summed E-state index contributed by atoms with van der Waals surface area (Å²) in [6.07, 6.45) is 3.80. The molecule has 0 unspecified atom stereocenters. The minimum absolute atomic E-state index is 0.132. The number of amides is 1. The van der Waals surface area contributed by atoms with E-state index < -0.39 is 5.91 Å². The summed E-state index contributed by atoms with van der Waals surface area (Å²) in [6.45, 7) is 5.39. The first kappa shape index (κ1) is 23.8. The maximum absolute atomic E-state index is 12.2. The Morgan fingerprint density at radius 1 is 1.18 bits per heavy atom. The molecule has 0 spiro atoms. The van der Waals surface area contributed by atoms with E-state index in [1.54, 1.807) is 0 Å². The highest BCUT2D eigenvalue weighted by atomic mass is 16.5. The maximum atomic E-state index is 12.2. The lowest BCUT2D eigenvalue weighted by atomic mass is 9.92. The molecule has 34 heavy (non-hydrogen) atoms. The van der Waals surface area contributed by atoms with E-state index in [0.29, 0.717) is 17.1 Å². The highest BCUT2D eigenvalue weighted by Gasteiger charge is 2.24. The summed E-state index contributed by atoms with van der Waals surface area (Å²) < 4.78 is 5.50. The predicted octanol–water partition coefficient (Wildman–Crippen LogP) is 2.99. The second-order valence-electron chi connectivity index (χ2n) is 9.06. The number of likely N-dealkylation sites (N-methyl/N-ethyl adjacent to an activating group) is 1. The van der Waals surface area contributed by atoms with Crippen molar-refractivity contribution >= 4 is 28.3 Å². The SMILES string of the molecule is C[C@H](Nc1c(C(N)=O)nnc2ccc(-c3ccc(NCCN(C)C)nc3)cc12)C1CCOCC1. The Bertz CT molecular complexity index is 1130. The number of fused-ring (bicyclic) bond motifs is 1. The number of hydrogen-bond donors (Lipinski definition) is 3. The molecule has 180 valence electrons. The highest BCUT2D eigenvalue weighted by Crippen LogP contribution is 2.32. The monoisotopic (exact) mass is 463 g/mol. The molecule has 4 rings (SSSR count). The number of primary amides is 1. The van der Waals surface area contributed by atoms with Crippen LogP contribution in [0.2, 0.25) is 0 Å². The number of nitrogens with one attached hydrogen (secondary N) is 2. The third-order valence-electron chi connectivity index (χ3n) is 6.30. The molecule has 1 aliphatic heterocycles. The van der Waals surface area contributed by atoms with Gasteiger partial charge in [0.05, 0.1) is 11.2 Å². The van der Waals surface area contributed by atoms with E-state index in [1.807, 2.05) is 50.6 Å². The van der Waals surface area contributed by atoms with Gasteiger partial charge in [0.1, 0.15) is 5.82 Å². The van der Waals surface area contributed by atoms with Gasteiger partial charge in [-0.2, -0.15) is 0 Å². The van der Waals surface area contributed by atoms with Gasteiger partial charge in [-0.25, -0.2) is 4.98 Å². The Kier molecular flexibility index (Phi) is 7.54. The molecule has 1 aromatic carbocycles. The lowest BCUT2D eigenvalue weighted by Gasteiger charge is -2.29. The number of hydrogen-bond acceptors (Lipinski definition) is 8.